The Morgan fingerprint density at radius 1 is 1.50 bits per heavy atom. The summed E-state index contributed by atoms with van der Waals surface area (Å²) in [6.45, 7) is 6.53. The third-order valence-corrected chi connectivity index (χ3v) is 1.67. The Balaban J connectivity index is 3.56. The van der Waals surface area contributed by atoms with Crippen LogP contribution in [-0.2, 0) is 0 Å². The molecule has 0 saturated carbocycles. The molecule has 0 aromatic carbocycles. The summed E-state index contributed by atoms with van der Waals surface area (Å²) in [5.41, 5.74) is 0. The summed E-state index contributed by atoms with van der Waals surface area (Å²) in [5, 5.41) is 0. The van der Waals surface area contributed by atoms with Gasteiger partial charge in [0.1, 0.15) is 0 Å². The first-order valence-electron chi connectivity index (χ1n) is 2.89. The van der Waals surface area contributed by atoms with Crippen LogP contribution in [0.2, 0.25) is 0 Å². The molecule has 0 fully saturated rings. The maximum atomic E-state index is 2.27. The molecule has 0 aromatic rings. The lowest BCUT2D eigenvalue weighted by Crippen LogP contribution is -1.78. The molecule has 8 heavy (non-hydrogen) atoms. The van der Waals surface area contributed by atoms with E-state index >= 15 is 0 Å². The molecule has 0 heterocycles. The normalized spacial score (nSPS) is 12.9. The predicted octanol–water partition coefficient (Wildman–Crippen LogP) is 2.91. The minimum Gasteiger partial charge on any atom is -0.135 e. The second-order valence-electron chi connectivity index (χ2n) is 2.23. The second kappa shape index (κ2) is 4.02. The molecule has 1 heteroatoms. The van der Waals surface area contributed by atoms with Crippen molar-refractivity contribution in [1.29, 1.82) is 0 Å². The zero-order valence-electron chi connectivity index (χ0n) is 6.06. The molecule has 0 bridgehead atoms. The van der Waals surface area contributed by atoms with Crippen molar-refractivity contribution in [3.05, 3.63) is 11.0 Å². The maximum absolute atomic E-state index is 2.27. The molecule has 48 valence electrons. The molecule has 0 aliphatic carbocycles. The van der Waals surface area contributed by atoms with Crippen LogP contribution >= 0.6 is 11.8 Å². The third-order valence-electron chi connectivity index (χ3n) is 0.890. The second-order valence-corrected chi connectivity index (χ2v) is 3.28. The number of rotatable bonds is 2. The van der Waals surface area contributed by atoms with E-state index in [2.05, 4.69) is 33.1 Å². The molecule has 0 rings (SSSR count). The Morgan fingerprint density at radius 3 is 2.12 bits per heavy atom. The van der Waals surface area contributed by atoms with E-state index in [1.807, 2.05) is 11.8 Å². The highest BCUT2D eigenvalue weighted by Crippen LogP contribution is 2.12. The largest absolute Gasteiger partial charge is 0.135 e. The molecule has 0 saturated heterocycles. The average molecular weight is 130 g/mol. The molecule has 0 nitrogen and oxygen atoms in total. The third kappa shape index (κ3) is 4.25. The van der Waals surface area contributed by atoms with Gasteiger partial charge in [0, 0.05) is 0 Å². The van der Waals surface area contributed by atoms with Gasteiger partial charge in [0.2, 0.25) is 0 Å². The van der Waals surface area contributed by atoms with Gasteiger partial charge in [-0.15, -0.1) is 11.8 Å². The first-order valence-corrected chi connectivity index (χ1v) is 4.11. The van der Waals surface area contributed by atoms with Crippen molar-refractivity contribution in [3.63, 3.8) is 0 Å². The topological polar surface area (TPSA) is 0 Å². The Labute approximate surface area is 56.4 Å². The highest BCUT2D eigenvalue weighted by Gasteiger charge is 1.86. The van der Waals surface area contributed by atoms with Crippen LogP contribution in [0.5, 0.6) is 0 Å². The maximum Gasteiger partial charge on any atom is -0.0140 e. The van der Waals surface area contributed by atoms with Crippen LogP contribution in [0.15, 0.2) is 11.0 Å². The monoisotopic (exact) mass is 130 g/mol. The molecule has 0 aliphatic heterocycles. The molecule has 0 aromatic heterocycles. The zero-order valence-corrected chi connectivity index (χ0v) is 6.88. The lowest BCUT2D eigenvalue weighted by molar-refractivity contribution is 0.828. The van der Waals surface area contributed by atoms with Crippen LogP contribution in [0.1, 0.15) is 20.8 Å². The number of allylic oxidation sites excluding steroid dienone is 2. The van der Waals surface area contributed by atoms with Gasteiger partial charge < -0.3 is 0 Å². The van der Waals surface area contributed by atoms with E-state index in [1.165, 1.54) is 4.91 Å². The van der Waals surface area contributed by atoms with Gasteiger partial charge in [0.25, 0.3) is 0 Å². The number of thioether (sulfide) groups is 1. The first-order chi connectivity index (χ1) is 3.66. The van der Waals surface area contributed by atoms with E-state index in [0.29, 0.717) is 5.92 Å². The fourth-order valence-electron chi connectivity index (χ4n) is 0.537. The Bertz CT molecular complexity index is 82.4. The lowest BCUT2D eigenvalue weighted by Gasteiger charge is -1.96. The summed E-state index contributed by atoms with van der Waals surface area (Å²) in [7, 11) is 0. The molecule has 0 N–H and O–H groups in total. The molecule has 0 aliphatic rings. The van der Waals surface area contributed by atoms with Crippen LogP contribution in [0.4, 0.5) is 0 Å². The molecular formula is C7H14S. The van der Waals surface area contributed by atoms with Gasteiger partial charge >= 0.3 is 0 Å². The van der Waals surface area contributed by atoms with Crippen molar-refractivity contribution < 1.29 is 0 Å². The van der Waals surface area contributed by atoms with E-state index in [4.69, 9.17) is 0 Å². The van der Waals surface area contributed by atoms with E-state index in [9.17, 15) is 0 Å². The summed E-state index contributed by atoms with van der Waals surface area (Å²) in [4.78, 5) is 1.42. The van der Waals surface area contributed by atoms with Gasteiger partial charge in [0.15, 0.2) is 0 Å². The minimum atomic E-state index is 0.697. The zero-order chi connectivity index (χ0) is 6.57. The van der Waals surface area contributed by atoms with Crippen LogP contribution < -0.4 is 0 Å². The predicted molar refractivity (Wildman–Crippen MR) is 42.1 cm³/mol. The molecule has 0 radical (unpaired) electrons. The Hall–Kier alpha value is 0.0900. The molecule has 0 unspecified atom stereocenters. The Morgan fingerprint density at radius 2 is 2.00 bits per heavy atom. The van der Waals surface area contributed by atoms with Gasteiger partial charge in [-0.2, -0.15) is 0 Å². The molecular weight excluding hydrogens is 116 g/mol. The van der Waals surface area contributed by atoms with Crippen molar-refractivity contribution >= 4 is 11.8 Å². The summed E-state index contributed by atoms with van der Waals surface area (Å²) in [5.74, 6) is 0.697. The van der Waals surface area contributed by atoms with Crippen molar-refractivity contribution in [1.82, 2.24) is 0 Å². The average Bonchev–Trinajstić information content (AvgIpc) is 1.65. The summed E-state index contributed by atoms with van der Waals surface area (Å²) in [6, 6.07) is 0. The van der Waals surface area contributed by atoms with E-state index in [0.717, 1.165) is 0 Å². The fourth-order valence-corrected chi connectivity index (χ4v) is 0.946. The fraction of sp³-hybridized carbons (Fsp3) is 0.714. The van der Waals surface area contributed by atoms with Crippen LogP contribution in [0.25, 0.3) is 0 Å². The standard InChI is InChI=1S/C7H14S/c1-6(2)5-7(3)8-4/h5-6H,1-4H3. The highest BCUT2D eigenvalue weighted by atomic mass is 32.2. The van der Waals surface area contributed by atoms with E-state index in [1.54, 1.807) is 0 Å². The lowest BCUT2D eigenvalue weighted by atomic mass is 10.2. The number of hydrogen-bond acceptors (Lipinski definition) is 1. The highest BCUT2D eigenvalue weighted by molar-refractivity contribution is 8.02. The van der Waals surface area contributed by atoms with Gasteiger partial charge in [-0.1, -0.05) is 19.9 Å². The van der Waals surface area contributed by atoms with E-state index < -0.39 is 0 Å². The number of hydrogen-bond donors (Lipinski definition) is 0. The Kier molecular flexibility index (Phi) is 4.06. The summed E-state index contributed by atoms with van der Waals surface area (Å²) in [6.07, 6.45) is 4.37. The molecule has 0 amide bonds. The van der Waals surface area contributed by atoms with Crippen LogP contribution in [0.3, 0.4) is 0 Å². The van der Waals surface area contributed by atoms with Crippen molar-refractivity contribution in [2.45, 2.75) is 20.8 Å². The minimum absolute atomic E-state index is 0.697. The van der Waals surface area contributed by atoms with Crippen LogP contribution in [0, 0.1) is 5.92 Å². The quantitative estimate of drug-likeness (QED) is 0.554. The molecule has 0 atom stereocenters. The summed E-state index contributed by atoms with van der Waals surface area (Å²) >= 11 is 1.81. The first kappa shape index (κ1) is 8.09. The van der Waals surface area contributed by atoms with Gasteiger partial charge in [-0.3, -0.25) is 0 Å². The van der Waals surface area contributed by atoms with Gasteiger partial charge in [-0.05, 0) is 24.0 Å². The van der Waals surface area contributed by atoms with E-state index in [-0.39, 0.29) is 0 Å². The molecule has 0 spiro atoms. The van der Waals surface area contributed by atoms with Gasteiger partial charge in [-0.25, -0.2) is 0 Å². The SMILES string of the molecule is CSC(C)=CC(C)C. The smallest absolute Gasteiger partial charge is 0.0140 e. The van der Waals surface area contributed by atoms with Crippen molar-refractivity contribution in [2.24, 2.45) is 5.92 Å². The summed E-state index contributed by atoms with van der Waals surface area (Å²) < 4.78 is 0. The van der Waals surface area contributed by atoms with Crippen molar-refractivity contribution in [3.8, 4) is 0 Å². The van der Waals surface area contributed by atoms with Crippen molar-refractivity contribution in [2.75, 3.05) is 6.26 Å². The van der Waals surface area contributed by atoms with Gasteiger partial charge in [0.05, 0.1) is 0 Å². The van der Waals surface area contributed by atoms with Crippen LogP contribution in [-0.4, -0.2) is 6.26 Å².